The first-order valence-electron chi connectivity index (χ1n) is 6.77. The van der Waals surface area contributed by atoms with Crippen LogP contribution in [-0.2, 0) is 4.74 Å². The van der Waals surface area contributed by atoms with Gasteiger partial charge in [0, 0.05) is 19.4 Å². The van der Waals surface area contributed by atoms with Crippen LogP contribution in [0.2, 0.25) is 0 Å². The van der Waals surface area contributed by atoms with E-state index in [0.717, 1.165) is 26.1 Å². The lowest BCUT2D eigenvalue weighted by molar-refractivity contribution is 0.0527. The van der Waals surface area contributed by atoms with Crippen molar-refractivity contribution in [2.75, 3.05) is 18.9 Å². The number of nitrogen functional groups attached to an aromatic ring is 1. The summed E-state index contributed by atoms with van der Waals surface area (Å²) >= 11 is 0. The van der Waals surface area contributed by atoms with Crippen molar-refractivity contribution in [3.05, 3.63) is 48.3 Å². The van der Waals surface area contributed by atoms with E-state index in [1.165, 1.54) is 5.56 Å². The second-order valence-corrected chi connectivity index (χ2v) is 5.06. The third-order valence-electron chi connectivity index (χ3n) is 3.76. The van der Waals surface area contributed by atoms with Crippen LogP contribution in [0.1, 0.15) is 24.4 Å². The van der Waals surface area contributed by atoms with Crippen molar-refractivity contribution in [1.29, 1.82) is 0 Å². The standard InChI is InChI=1S/C15H19N3O/c16-14-10-17-18(11-14)15(12-4-2-1-3-5-12)13-6-8-19-9-7-13/h1-5,10-11,13,15H,6-9,16H2. The fourth-order valence-electron chi connectivity index (χ4n) is 2.83. The number of benzene rings is 1. The Kier molecular flexibility index (Phi) is 3.51. The Balaban J connectivity index is 1.95. The summed E-state index contributed by atoms with van der Waals surface area (Å²) in [5.74, 6) is 0.551. The normalized spacial score (nSPS) is 18.3. The molecule has 1 atom stereocenters. The van der Waals surface area contributed by atoms with E-state index in [-0.39, 0.29) is 6.04 Å². The Bertz CT molecular complexity index is 517. The zero-order valence-electron chi connectivity index (χ0n) is 10.9. The van der Waals surface area contributed by atoms with Gasteiger partial charge in [0.15, 0.2) is 0 Å². The molecule has 2 N–H and O–H groups in total. The number of anilines is 1. The van der Waals surface area contributed by atoms with Gasteiger partial charge in [0.05, 0.1) is 17.9 Å². The highest BCUT2D eigenvalue weighted by atomic mass is 16.5. The maximum atomic E-state index is 5.82. The topological polar surface area (TPSA) is 53.1 Å². The zero-order chi connectivity index (χ0) is 13.1. The Labute approximate surface area is 113 Å². The molecule has 2 heterocycles. The van der Waals surface area contributed by atoms with Gasteiger partial charge in [-0.05, 0) is 24.3 Å². The van der Waals surface area contributed by atoms with Crippen molar-refractivity contribution in [2.24, 2.45) is 5.92 Å². The largest absolute Gasteiger partial charge is 0.396 e. The molecule has 0 aliphatic carbocycles. The molecule has 4 nitrogen and oxygen atoms in total. The smallest absolute Gasteiger partial charge is 0.0799 e. The highest BCUT2D eigenvalue weighted by molar-refractivity contribution is 5.32. The number of rotatable bonds is 3. The molecule has 0 radical (unpaired) electrons. The Hall–Kier alpha value is -1.81. The predicted octanol–water partition coefficient (Wildman–Crippen LogP) is 2.48. The maximum absolute atomic E-state index is 5.82. The quantitative estimate of drug-likeness (QED) is 0.919. The average molecular weight is 257 g/mol. The van der Waals surface area contributed by atoms with Crippen LogP contribution in [0.3, 0.4) is 0 Å². The molecule has 0 amide bonds. The molecule has 1 unspecified atom stereocenters. The SMILES string of the molecule is Nc1cnn(C(c2ccccc2)C2CCOCC2)c1. The summed E-state index contributed by atoms with van der Waals surface area (Å²) in [6.07, 6.45) is 5.78. The molecule has 0 saturated carbocycles. The van der Waals surface area contributed by atoms with Gasteiger partial charge in [-0.15, -0.1) is 0 Å². The fraction of sp³-hybridized carbons (Fsp3) is 0.400. The van der Waals surface area contributed by atoms with Gasteiger partial charge in [-0.2, -0.15) is 5.10 Å². The van der Waals surface area contributed by atoms with Crippen LogP contribution in [-0.4, -0.2) is 23.0 Å². The van der Waals surface area contributed by atoms with Crippen molar-refractivity contribution in [1.82, 2.24) is 9.78 Å². The molecule has 19 heavy (non-hydrogen) atoms. The minimum absolute atomic E-state index is 0.252. The third-order valence-corrected chi connectivity index (χ3v) is 3.76. The molecule has 1 aromatic carbocycles. The van der Waals surface area contributed by atoms with E-state index in [2.05, 4.69) is 29.4 Å². The van der Waals surface area contributed by atoms with Crippen LogP contribution in [0.25, 0.3) is 0 Å². The molecule has 1 fully saturated rings. The minimum Gasteiger partial charge on any atom is -0.396 e. The van der Waals surface area contributed by atoms with Crippen LogP contribution >= 0.6 is 0 Å². The first-order chi connectivity index (χ1) is 9.34. The number of nitrogens with zero attached hydrogens (tertiary/aromatic N) is 2. The van der Waals surface area contributed by atoms with E-state index >= 15 is 0 Å². The highest BCUT2D eigenvalue weighted by Gasteiger charge is 2.27. The fourth-order valence-corrected chi connectivity index (χ4v) is 2.83. The van der Waals surface area contributed by atoms with Crippen molar-refractivity contribution in [2.45, 2.75) is 18.9 Å². The molecular formula is C15H19N3O. The molecular weight excluding hydrogens is 238 g/mol. The zero-order valence-corrected chi connectivity index (χ0v) is 10.9. The lowest BCUT2D eigenvalue weighted by atomic mass is 9.87. The highest BCUT2D eigenvalue weighted by Crippen LogP contribution is 2.33. The number of hydrogen-bond donors (Lipinski definition) is 1. The van der Waals surface area contributed by atoms with E-state index in [9.17, 15) is 0 Å². The summed E-state index contributed by atoms with van der Waals surface area (Å²) in [5.41, 5.74) is 7.82. The monoisotopic (exact) mass is 257 g/mol. The van der Waals surface area contributed by atoms with E-state index in [4.69, 9.17) is 10.5 Å². The van der Waals surface area contributed by atoms with Crippen LogP contribution in [0, 0.1) is 5.92 Å². The Morgan fingerprint density at radius 1 is 1.21 bits per heavy atom. The first-order valence-corrected chi connectivity index (χ1v) is 6.77. The molecule has 1 aliphatic heterocycles. The van der Waals surface area contributed by atoms with Gasteiger partial charge in [0.25, 0.3) is 0 Å². The van der Waals surface area contributed by atoms with Crippen molar-refractivity contribution >= 4 is 5.69 Å². The molecule has 2 aromatic rings. The average Bonchev–Trinajstić information content (AvgIpc) is 2.88. The molecule has 0 bridgehead atoms. The van der Waals surface area contributed by atoms with Crippen molar-refractivity contribution in [3.63, 3.8) is 0 Å². The van der Waals surface area contributed by atoms with E-state index in [1.54, 1.807) is 6.20 Å². The molecule has 4 heteroatoms. The van der Waals surface area contributed by atoms with Gasteiger partial charge in [-0.3, -0.25) is 4.68 Å². The number of aromatic nitrogens is 2. The summed E-state index contributed by atoms with van der Waals surface area (Å²) in [4.78, 5) is 0. The summed E-state index contributed by atoms with van der Waals surface area (Å²) in [6.45, 7) is 1.68. The maximum Gasteiger partial charge on any atom is 0.0799 e. The van der Waals surface area contributed by atoms with Crippen molar-refractivity contribution < 1.29 is 4.74 Å². The third kappa shape index (κ3) is 2.63. The second-order valence-electron chi connectivity index (χ2n) is 5.06. The molecule has 1 aromatic heterocycles. The summed E-state index contributed by atoms with van der Waals surface area (Å²) in [7, 11) is 0. The van der Waals surface area contributed by atoms with Gasteiger partial charge in [0.2, 0.25) is 0 Å². The summed E-state index contributed by atoms with van der Waals surface area (Å²) in [6, 6.07) is 10.8. The number of nitrogens with two attached hydrogens (primary N) is 1. The molecule has 3 rings (SSSR count). The molecule has 0 spiro atoms. The van der Waals surface area contributed by atoms with E-state index < -0.39 is 0 Å². The lowest BCUT2D eigenvalue weighted by Gasteiger charge is -2.30. The van der Waals surface area contributed by atoms with E-state index in [0.29, 0.717) is 11.6 Å². The van der Waals surface area contributed by atoms with Crippen LogP contribution < -0.4 is 5.73 Å². The van der Waals surface area contributed by atoms with Gasteiger partial charge >= 0.3 is 0 Å². The predicted molar refractivity (Wildman–Crippen MR) is 74.8 cm³/mol. The van der Waals surface area contributed by atoms with Gasteiger partial charge in [-0.1, -0.05) is 30.3 Å². The van der Waals surface area contributed by atoms with Crippen LogP contribution in [0.5, 0.6) is 0 Å². The molecule has 1 saturated heterocycles. The van der Waals surface area contributed by atoms with Gasteiger partial charge in [0.1, 0.15) is 0 Å². The molecule has 100 valence electrons. The molecule has 1 aliphatic rings. The lowest BCUT2D eigenvalue weighted by Crippen LogP contribution is -2.27. The van der Waals surface area contributed by atoms with Crippen LogP contribution in [0.4, 0.5) is 5.69 Å². The van der Waals surface area contributed by atoms with Gasteiger partial charge < -0.3 is 10.5 Å². The van der Waals surface area contributed by atoms with Crippen LogP contribution in [0.15, 0.2) is 42.7 Å². The minimum atomic E-state index is 0.252. The summed E-state index contributed by atoms with van der Waals surface area (Å²) in [5, 5.41) is 4.42. The second kappa shape index (κ2) is 5.45. The number of hydrogen-bond acceptors (Lipinski definition) is 3. The van der Waals surface area contributed by atoms with Gasteiger partial charge in [-0.25, -0.2) is 0 Å². The van der Waals surface area contributed by atoms with Crippen molar-refractivity contribution in [3.8, 4) is 0 Å². The summed E-state index contributed by atoms with van der Waals surface area (Å²) < 4.78 is 7.47. The Morgan fingerprint density at radius 3 is 2.58 bits per heavy atom. The first kappa shape index (κ1) is 12.2. The number of ether oxygens (including phenoxy) is 1. The Morgan fingerprint density at radius 2 is 1.95 bits per heavy atom. The van der Waals surface area contributed by atoms with E-state index in [1.807, 2.05) is 16.9 Å².